The molecule has 0 bridgehead atoms. The smallest absolute Gasteiger partial charge is 0.247 e. The van der Waals surface area contributed by atoms with Gasteiger partial charge in [0.15, 0.2) is 0 Å². The lowest BCUT2D eigenvalue weighted by Gasteiger charge is -2.39. The van der Waals surface area contributed by atoms with Crippen molar-refractivity contribution in [2.75, 3.05) is 45.8 Å². The molecule has 0 aromatic heterocycles. The summed E-state index contributed by atoms with van der Waals surface area (Å²) in [6.07, 6.45) is 2.37. The lowest BCUT2D eigenvalue weighted by Crippen LogP contribution is -2.58. The number of amides is 2. The van der Waals surface area contributed by atoms with Crippen LogP contribution < -0.4 is 5.73 Å². The number of benzene rings is 1. The summed E-state index contributed by atoms with van der Waals surface area (Å²) in [5.41, 5.74) is 6.11. The molecule has 0 aliphatic carbocycles. The van der Waals surface area contributed by atoms with E-state index in [0.717, 1.165) is 18.7 Å². The number of nitrogens with two attached hydrogens (primary N) is 1. The summed E-state index contributed by atoms with van der Waals surface area (Å²) in [5, 5.41) is 0. The topological polar surface area (TPSA) is 69.9 Å². The van der Waals surface area contributed by atoms with Gasteiger partial charge >= 0.3 is 0 Å². The van der Waals surface area contributed by atoms with E-state index in [1.54, 1.807) is 11.8 Å². The zero-order valence-electron chi connectivity index (χ0n) is 15.0. The van der Waals surface area contributed by atoms with Crippen molar-refractivity contribution < 1.29 is 9.59 Å². The van der Waals surface area contributed by atoms with Crippen LogP contribution in [0.25, 0.3) is 0 Å². The Bertz CT molecular complexity index is 603. The quantitative estimate of drug-likeness (QED) is 0.870. The highest BCUT2D eigenvalue weighted by Crippen LogP contribution is 2.21. The average molecular weight is 344 g/mol. The monoisotopic (exact) mass is 344 g/mol. The average Bonchev–Trinajstić information content (AvgIpc) is 3.15. The Kier molecular flexibility index (Phi) is 5.39. The van der Waals surface area contributed by atoms with Crippen molar-refractivity contribution in [3.05, 3.63) is 35.9 Å². The predicted molar refractivity (Wildman–Crippen MR) is 96.8 cm³/mol. The molecule has 2 aliphatic heterocycles. The van der Waals surface area contributed by atoms with Crippen LogP contribution in [0.3, 0.4) is 0 Å². The first-order chi connectivity index (χ1) is 12.0. The maximum absolute atomic E-state index is 12.9. The van der Waals surface area contributed by atoms with Gasteiger partial charge in [0.1, 0.15) is 5.54 Å². The molecule has 1 atom stereocenters. The van der Waals surface area contributed by atoms with Gasteiger partial charge in [0, 0.05) is 26.2 Å². The SMILES string of the molecule is CC(N)(C(=O)N1CCN(C(=O)CN2CCCC2)CC1)c1ccccc1. The molecule has 1 unspecified atom stereocenters. The Morgan fingerprint density at radius 3 is 2.12 bits per heavy atom. The number of hydrogen-bond acceptors (Lipinski definition) is 4. The summed E-state index contributed by atoms with van der Waals surface area (Å²) in [6.45, 7) is 6.57. The molecule has 0 saturated carbocycles. The van der Waals surface area contributed by atoms with Crippen molar-refractivity contribution >= 4 is 11.8 Å². The number of rotatable bonds is 4. The predicted octanol–water partition coefficient (Wildman–Crippen LogP) is 0.627. The molecule has 6 heteroatoms. The van der Waals surface area contributed by atoms with Crippen molar-refractivity contribution in [1.29, 1.82) is 0 Å². The second-order valence-corrected chi connectivity index (χ2v) is 7.22. The molecule has 0 radical (unpaired) electrons. The summed E-state index contributed by atoms with van der Waals surface area (Å²) in [4.78, 5) is 31.1. The number of nitrogens with zero attached hydrogens (tertiary/aromatic N) is 3. The van der Waals surface area contributed by atoms with Crippen LogP contribution in [0.5, 0.6) is 0 Å². The molecule has 2 saturated heterocycles. The van der Waals surface area contributed by atoms with Gasteiger partial charge in [-0.1, -0.05) is 30.3 Å². The zero-order valence-corrected chi connectivity index (χ0v) is 15.0. The standard InChI is InChI=1S/C19H28N4O2/c1-19(20,16-7-3-2-4-8-16)18(25)23-13-11-22(12-14-23)17(24)15-21-9-5-6-10-21/h2-4,7-8H,5-6,9-15,20H2,1H3. The van der Waals surface area contributed by atoms with E-state index in [9.17, 15) is 9.59 Å². The lowest BCUT2D eigenvalue weighted by atomic mass is 9.91. The van der Waals surface area contributed by atoms with Gasteiger partial charge in [-0.15, -0.1) is 0 Å². The Morgan fingerprint density at radius 2 is 1.52 bits per heavy atom. The molecule has 2 fully saturated rings. The molecule has 136 valence electrons. The number of piperazine rings is 1. The zero-order chi connectivity index (χ0) is 17.9. The highest BCUT2D eigenvalue weighted by atomic mass is 16.2. The van der Waals surface area contributed by atoms with Gasteiger partial charge in [-0.25, -0.2) is 0 Å². The number of hydrogen-bond donors (Lipinski definition) is 1. The first-order valence-electron chi connectivity index (χ1n) is 9.12. The van der Waals surface area contributed by atoms with Crippen LogP contribution in [-0.4, -0.2) is 72.3 Å². The Hall–Kier alpha value is -1.92. The van der Waals surface area contributed by atoms with Crippen LogP contribution in [0.1, 0.15) is 25.3 Å². The third-order valence-electron chi connectivity index (χ3n) is 5.29. The van der Waals surface area contributed by atoms with Crippen LogP contribution >= 0.6 is 0 Å². The van der Waals surface area contributed by atoms with Crippen LogP contribution in [0.4, 0.5) is 0 Å². The summed E-state index contributed by atoms with van der Waals surface area (Å²) < 4.78 is 0. The molecular formula is C19H28N4O2. The molecular weight excluding hydrogens is 316 g/mol. The molecule has 2 heterocycles. The molecule has 2 N–H and O–H groups in total. The lowest BCUT2D eigenvalue weighted by molar-refractivity contribution is -0.143. The van der Waals surface area contributed by atoms with Crippen molar-refractivity contribution in [1.82, 2.24) is 14.7 Å². The summed E-state index contributed by atoms with van der Waals surface area (Å²) in [5.74, 6) is 0.0953. The molecule has 3 rings (SSSR count). The van der Waals surface area contributed by atoms with E-state index in [1.165, 1.54) is 12.8 Å². The van der Waals surface area contributed by atoms with E-state index in [4.69, 9.17) is 5.73 Å². The van der Waals surface area contributed by atoms with Crippen LogP contribution in [0.2, 0.25) is 0 Å². The minimum Gasteiger partial charge on any atom is -0.338 e. The molecule has 6 nitrogen and oxygen atoms in total. The van der Waals surface area contributed by atoms with Crippen molar-refractivity contribution in [2.24, 2.45) is 5.73 Å². The first kappa shape index (κ1) is 17.9. The van der Waals surface area contributed by atoms with Crippen LogP contribution in [0.15, 0.2) is 30.3 Å². The third kappa shape index (κ3) is 4.02. The fraction of sp³-hybridized carbons (Fsp3) is 0.579. The largest absolute Gasteiger partial charge is 0.338 e. The normalized spacial score (nSPS) is 21.2. The second-order valence-electron chi connectivity index (χ2n) is 7.22. The first-order valence-corrected chi connectivity index (χ1v) is 9.12. The minimum absolute atomic E-state index is 0.0784. The van der Waals surface area contributed by atoms with Gasteiger partial charge in [0.2, 0.25) is 11.8 Å². The minimum atomic E-state index is -1.04. The highest BCUT2D eigenvalue weighted by molar-refractivity contribution is 5.87. The van der Waals surface area contributed by atoms with Gasteiger partial charge in [-0.05, 0) is 38.4 Å². The van der Waals surface area contributed by atoms with Gasteiger partial charge in [0.05, 0.1) is 6.54 Å². The van der Waals surface area contributed by atoms with E-state index >= 15 is 0 Å². The molecule has 1 aromatic carbocycles. The van der Waals surface area contributed by atoms with Crippen LogP contribution in [0, 0.1) is 0 Å². The van der Waals surface area contributed by atoms with Crippen molar-refractivity contribution in [3.63, 3.8) is 0 Å². The van der Waals surface area contributed by atoms with E-state index in [1.807, 2.05) is 35.2 Å². The fourth-order valence-electron chi connectivity index (χ4n) is 3.63. The summed E-state index contributed by atoms with van der Waals surface area (Å²) in [7, 11) is 0. The van der Waals surface area contributed by atoms with Gasteiger partial charge in [-0.3, -0.25) is 14.5 Å². The Balaban J connectivity index is 1.54. The number of carbonyl (C=O) groups excluding carboxylic acids is 2. The van der Waals surface area contributed by atoms with Crippen molar-refractivity contribution in [2.45, 2.75) is 25.3 Å². The van der Waals surface area contributed by atoms with Crippen LogP contribution in [-0.2, 0) is 15.1 Å². The molecule has 2 aliphatic rings. The molecule has 2 amide bonds. The van der Waals surface area contributed by atoms with E-state index in [2.05, 4.69) is 4.90 Å². The van der Waals surface area contributed by atoms with E-state index in [-0.39, 0.29) is 11.8 Å². The maximum Gasteiger partial charge on any atom is 0.247 e. The fourth-order valence-corrected chi connectivity index (χ4v) is 3.63. The third-order valence-corrected chi connectivity index (χ3v) is 5.29. The summed E-state index contributed by atoms with van der Waals surface area (Å²) >= 11 is 0. The Morgan fingerprint density at radius 1 is 0.960 bits per heavy atom. The maximum atomic E-state index is 12.9. The van der Waals surface area contributed by atoms with E-state index in [0.29, 0.717) is 32.7 Å². The van der Waals surface area contributed by atoms with Crippen molar-refractivity contribution in [3.8, 4) is 0 Å². The Labute approximate surface area is 149 Å². The highest BCUT2D eigenvalue weighted by Gasteiger charge is 2.36. The van der Waals surface area contributed by atoms with E-state index < -0.39 is 5.54 Å². The van der Waals surface area contributed by atoms with Gasteiger partial charge < -0.3 is 15.5 Å². The van der Waals surface area contributed by atoms with Gasteiger partial charge in [0.25, 0.3) is 0 Å². The summed E-state index contributed by atoms with van der Waals surface area (Å²) in [6, 6.07) is 9.46. The second kappa shape index (κ2) is 7.54. The van der Waals surface area contributed by atoms with Gasteiger partial charge in [-0.2, -0.15) is 0 Å². The molecule has 1 aromatic rings. The molecule has 0 spiro atoms. The number of carbonyl (C=O) groups is 2. The molecule has 25 heavy (non-hydrogen) atoms. The number of likely N-dealkylation sites (tertiary alicyclic amines) is 1.